The highest BCUT2D eigenvalue weighted by Gasteiger charge is 2.25. The summed E-state index contributed by atoms with van der Waals surface area (Å²) >= 11 is 0. The molecule has 0 saturated heterocycles. The summed E-state index contributed by atoms with van der Waals surface area (Å²) in [7, 11) is -2.11. The van der Waals surface area contributed by atoms with Crippen molar-refractivity contribution in [2.75, 3.05) is 19.6 Å². The number of carbonyl (C=O) groups is 1. The van der Waals surface area contributed by atoms with Crippen LogP contribution in [0.3, 0.4) is 0 Å². The van der Waals surface area contributed by atoms with Crippen molar-refractivity contribution in [3.05, 3.63) is 168 Å². The zero-order chi connectivity index (χ0) is 47.0. The minimum absolute atomic E-state index is 0.0700. The number of hydrogen-bond donors (Lipinski definition) is 1. The molecule has 350 valence electrons. The monoisotopic (exact) mass is 925 g/mol. The summed E-state index contributed by atoms with van der Waals surface area (Å²) < 4.78 is 29.0. The van der Waals surface area contributed by atoms with Crippen LogP contribution in [0.2, 0.25) is 0 Å². The number of ketones is 1. The number of fused-ring (bicyclic) bond motifs is 2. The number of nitrogens with one attached hydrogen (secondary N) is 1. The predicted octanol–water partition coefficient (Wildman–Crippen LogP) is 14.6. The highest BCUT2D eigenvalue weighted by atomic mass is 31.2. The summed E-state index contributed by atoms with van der Waals surface area (Å²) in [5.74, 6) is 3.77. The Morgan fingerprint density at radius 1 is 0.618 bits per heavy atom. The van der Waals surface area contributed by atoms with Crippen molar-refractivity contribution in [2.24, 2.45) is 0 Å². The van der Waals surface area contributed by atoms with Crippen molar-refractivity contribution >= 4 is 35.0 Å². The second kappa shape index (κ2) is 21.3. The Morgan fingerprint density at radius 3 is 1.54 bits per heavy atom. The van der Waals surface area contributed by atoms with E-state index in [-0.39, 0.29) is 11.8 Å². The van der Waals surface area contributed by atoms with Crippen LogP contribution in [-0.4, -0.2) is 44.5 Å². The molecular formula is C58H64N5O4P. The average molecular weight is 926 g/mol. The molecule has 0 aliphatic heterocycles. The van der Waals surface area contributed by atoms with Gasteiger partial charge in [-0.05, 0) is 148 Å². The van der Waals surface area contributed by atoms with Gasteiger partial charge in [-0.25, -0.2) is 9.97 Å². The number of nitrogens with zero attached hydrogens (tertiary/aromatic N) is 4. The standard InChI is InChI=1S/C30H36N3O2P.C28H28N2O2/c1-22(31-21-36(2,3)34)25-15-18-29-28(19-25)32-30(33(29)26-11-7-8-12-26)24-13-16-27(17-14-24)35-20-23-9-5-4-6-10-23;1-20(31)23-14-17-27-26(18-23)29-28(30(27)24-10-6-3-7-11-24)22-12-15-25(16-13-22)32-19-21-8-4-2-5-9-21/h4-6,9-10,13-19,22,26,31H,7-8,11-12,20-21H2,1-3H3;2,4-5,8-9,12-18,24H,3,6-7,10-11,19H2,1H3. The summed E-state index contributed by atoms with van der Waals surface area (Å²) in [6, 6.07) is 50.5. The zero-order valence-electron chi connectivity index (χ0n) is 39.9. The highest BCUT2D eigenvalue weighted by Crippen LogP contribution is 2.40. The van der Waals surface area contributed by atoms with Gasteiger partial charge in [0.25, 0.3) is 0 Å². The van der Waals surface area contributed by atoms with Gasteiger partial charge < -0.3 is 28.5 Å². The van der Waals surface area contributed by atoms with Gasteiger partial charge in [-0.1, -0.05) is 98.8 Å². The summed E-state index contributed by atoms with van der Waals surface area (Å²) in [4.78, 5) is 22.0. The lowest BCUT2D eigenvalue weighted by atomic mass is 9.94. The smallest absolute Gasteiger partial charge is 0.159 e. The van der Waals surface area contributed by atoms with Crippen molar-refractivity contribution in [1.82, 2.24) is 24.4 Å². The maximum atomic E-state index is 12.2. The summed E-state index contributed by atoms with van der Waals surface area (Å²) in [6.07, 6.45) is 11.6. The number of imidazole rings is 2. The first-order valence-electron chi connectivity index (χ1n) is 24.4. The molecule has 0 amide bonds. The average Bonchev–Trinajstić information content (AvgIpc) is 4.13. The molecule has 1 atom stereocenters. The summed E-state index contributed by atoms with van der Waals surface area (Å²) in [5, 5.41) is 3.43. The van der Waals surface area contributed by atoms with Crippen LogP contribution in [0.4, 0.5) is 0 Å². The lowest BCUT2D eigenvalue weighted by Crippen LogP contribution is -2.19. The van der Waals surface area contributed by atoms with Gasteiger partial charge in [0.15, 0.2) is 5.78 Å². The Kier molecular flexibility index (Phi) is 14.7. The first-order chi connectivity index (χ1) is 33.1. The van der Waals surface area contributed by atoms with Crippen LogP contribution in [0.5, 0.6) is 11.5 Å². The number of aromatic nitrogens is 4. The SMILES string of the molecule is CC(=O)c1ccc2c(c1)nc(-c1ccc(OCc3ccccc3)cc1)n2C1CCCCC1.CC(NCP(C)(C)=O)c1ccc2c(c1)nc(-c1ccc(OCc3ccccc3)cc1)n2C1CCCC1. The van der Waals surface area contributed by atoms with Crippen LogP contribution in [-0.2, 0) is 17.8 Å². The van der Waals surface area contributed by atoms with Crippen molar-refractivity contribution in [3.8, 4) is 34.3 Å². The van der Waals surface area contributed by atoms with Gasteiger partial charge in [0, 0.05) is 41.1 Å². The molecule has 0 bridgehead atoms. The lowest BCUT2D eigenvalue weighted by Gasteiger charge is -2.25. The summed E-state index contributed by atoms with van der Waals surface area (Å²) in [6.45, 7) is 8.48. The Hall–Kier alpha value is -6.28. The van der Waals surface area contributed by atoms with Crippen molar-refractivity contribution in [1.29, 1.82) is 0 Å². The molecule has 1 N–H and O–H groups in total. The first-order valence-corrected chi connectivity index (χ1v) is 27.2. The zero-order valence-corrected chi connectivity index (χ0v) is 40.8. The molecule has 2 aromatic heterocycles. The van der Waals surface area contributed by atoms with Crippen molar-refractivity contribution < 1.29 is 18.8 Å². The van der Waals surface area contributed by atoms with E-state index in [4.69, 9.17) is 19.4 Å². The molecule has 68 heavy (non-hydrogen) atoms. The second-order valence-electron chi connectivity index (χ2n) is 19.1. The molecule has 0 radical (unpaired) electrons. The number of hydrogen-bond acceptors (Lipinski definition) is 7. The number of rotatable bonds is 15. The quantitative estimate of drug-likeness (QED) is 0.0807. The molecule has 2 fully saturated rings. The van der Waals surface area contributed by atoms with E-state index in [1.807, 2.05) is 86.1 Å². The first kappa shape index (κ1) is 46.8. The fourth-order valence-corrected chi connectivity index (χ4v) is 10.4. The van der Waals surface area contributed by atoms with Crippen LogP contribution < -0.4 is 14.8 Å². The molecule has 8 aromatic rings. The molecule has 2 heterocycles. The predicted molar refractivity (Wildman–Crippen MR) is 277 cm³/mol. The van der Waals surface area contributed by atoms with Gasteiger partial charge in [-0.3, -0.25) is 4.79 Å². The Bertz CT molecular complexity index is 2980. The third-order valence-corrected chi connectivity index (χ3v) is 14.4. The molecule has 0 spiro atoms. The van der Waals surface area contributed by atoms with Gasteiger partial charge in [-0.15, -0.1) is 0 Å². The maximum Gasteiger partial charge on any atom is 0.159 e. The van der Waals surface area contributed by atoms with E-state index < -0.39 is 7.14 Å². The fraction of sp³-hybridized carbons (Fsp3) is 0.328. The van der Waals surface area contributed by atoms with Gasteiger partial charge >= 0.3 is 0 Å². The van der Waals surface area contributed by atoms with E-state index in [1.165, 1.54) is 68.9 Å². The number of carbonyl (C=O) groups excluding carboxylic acids is 1. The van der Waals surface area contributed by atoms with Crippen molar-refractivity contribution in [3.63, 3.8) is 0 Å². The van der Waals surface area contributed by atoms with Crippen LogP contribution in [0.1, 0.15) is 117 Å². The minimum atomic E-state index is -2.11. The van der Waals surface area contributed by atoms with Gasteiger partial charge in [-0.2, -0.15) is 0 Å². The fourth-order valence-electron chi connectivity index (χ4n) is 9.71. The van der Waals surface area contributed by atoms with Gasteiger partial charge in [0.2, 0.25) is 0 Å². The van der Waals surface area contributed by atoms with Crippen LogP contribution in [0.15, 0.2) is 146 Å². The highest BCUT2D eigenvalue weighted by molar-refractivity contribution is 7.62. The molecular weight excluding hydrogens is 862 g/mol. The molecule has 10 heteroatoms. The largest absolute Gasteiger partial charge is 0.489 e. The van der Waals surface area contributed by atoms with Gasteiger partial charge in [0.05, 0.1) is 29.2 Å². The molecule has 1 unspecified atom stereocenters. The molecule has 2 saturated carbocycles. The number of ether oxygens (including phenoxy) is 2. The minimum Gasteiger partial charge on any atom is -0.489 e. The van der Waals surface area contributed by atoms with Gasteiger partial charge in [0.1, 0.15) is 36.4 Å². The van der Waals surface area contributed by atoms with E-state index >= 15 is 0 Å². The number of benzene rings is 6. The van der Waals surface area contributed by atoms with Crippen LogP contribution in [0.25, 0.3) is 44.8 Å². The molecule has 6 aromatic carbocycles. The van der Waals surface area contributed by atoms with E-state index in [1.54, 1.807) is 6.92 Å². The molecule has 9 nitrogen and oxygen atoms in total. The van der Waals surface area contributed by atoms with Crippen LogP contribution >= 0.6 is 7.14 Å². The second-order valence-corrected chi connectivity index (χ2v) is 22.6. The third-order valence-electron chi connectivity index (χ3n) is 13.4. The summed E-state index contributed by atoms with van der Waals surface area (Å²) in [5.41, 5.74) is 10.6. The van der Waals surface area contributed by atoms with Crippen molar-refractivity contribution in [2.45, 2.75) is 103 Å². The Morgan fingerprint density at radius 2 is 1.07 bits per heavy atom. The van der Waals surface area contributed by atoms with Crippen LogP contribution in [0, 0.1) is 0 Å². The third kappa shape index (κ3) is 11.3. The topological polar surface area (TPSA) is 100 Å². The Balaban J connectivity index is 0.000000171. The van der Waals surface area contributed by atoms with E-state index in [9.17, 15) is 9.36 Å². The molecule has 2 aliphatic carbocycles. The maximum absolute atomic E-state index is 12.2. The van der Waals surface area contributed by atoms with E-state index in [0.717, 1.165) is 62.0 Å². The number of Topliss-reactive ketones (excluding diaryl/α,β-unsaturated/α-hetero) is 1. The normalized spacial score (nSPS) is 15.0. The molecule has 2 aliphatic rings. The molecule has 10 rings (SSSR count). The van der Waals surface area contributed by atoms with E-state index in [0.29, 0.717) is 37.1 Å². The lowest BCUT2D eigenvalue weighted by molar-refractivity contribution is 0.101. The Labute approximate surface area is 401 Å². The van der Waals surface area contributed by atoms with E-state index in [2.05, 4.69) is 94.2 Å².